The lowest BCUT2D eigenvalue weighted by Crippen LogP contribution is -2.43. The minimum atomic E-state index is 0. The predicted octanol–water partition coefficient (Wildman–Crippen LogP) is 4.14. The van der Waals surface area contributed by atoms with E-state index in [1.807, 2.05) is 32.2 Å². The van der Waals surface area contributed by atoms with Crippen LogP contribution in [-0.4, -0.2) is 43.9 Å². The molecule has 28 heavy (non-hydrogen) atoms. The SMILES string of the molecule is CCNC(=NCc1ccc(OC(C)C)nc1)NCC1(CCOC)CCCC1.I. The third kappa shape index (κ3) is 8.51. The van der Waals surface area contributed by atoms with Gasteiger partial charge in [-0.15, -0.1) is 24.0 Å². The molecule has 0 spiro atoms. The zero-order valence-electron chi connectivity index (χ0n) is 17.8. The van der Waals surface area contributed by atoms with E-state index >= 15 is 0 Å². The second kappa shape index (κ2) is 13.2. The number of guanidine groups is 1. The Hall–Kier alpha value is -1.09. The molecule has 1 aromatic rings. The van der Waals surface area contributed by atoms with E-state index in [2.05, 4.69) is 22.5 Å². The molecule has 0 aliphatic heterocycles. The molecule has 1 aliphatic rings. The Balaban J connectivity index is 0.00000392. The van der Waals surface area contributed by atoms with Crippen molar-refractivity contribution in [2.75, 3.05) is 26.8 Å². The van der Waals surface area contributed by atoms with Gasteiger partial charge in [0.2, 0.25) is 5.88 Å². The van der Waals surface area contributed by atoms with Gasteiger partial charge >= 0.3 is 0 Å². The molecular weight excluding hydrogens is 467 g/mol. The largest absolute Gasteiger partial charge is 0.475 e. The van der Waals surface area contributed by atoms with Gasteiger partial charge in [-0.3, -0.25) is 0 Å². The van der Waals surface area contributed by atoms with Crippen molar-refractivity contribution in [3.05, 3.63) is 23.9 Å². The molecule has 0 amide bonds. The summed E-state index contributed by atoms with van der Waals surface area (Å²) in [5.74, 6) is 1.52. The third-order valence-electron chi connectivity index (χ3n) is 5.05. The Morgan fingerprint density at radius 2 is 2.00 bits per heavy atom. The van der Waals surface area contributed by atoms with Crippen LogP contribution in [0, 0.1) is 5.41 Å². The maximum absolute atomic E-state index is 5.59. The van der Waals surface area contributed by atoms with Crippen LogP contribution in [0.25, 0.3) is 0 Å². The normalized spacial score (nSPS) is 16.0. The summed E-state index contributed by atoms with van der Waals surface area (Å²) in [4.78, 5) is 9.08. The van der Waals surface area contributed by atoms with Gasteiger partial charge in [-0.1, -0.05) is 18.9 Å². The minimum absolute atomic E-state index is 0. The first kappa shape index (κ1) is 24.9. The van der Waals surface area contributed by atoms with Gasteiger partial charge < -0.3 is 20.1 Å². The molecule has 0 aromatic carbocycles. The summed E-state index contributed by atoms with van der Waals surface area (Å²) in [5, 5.41) is 6.91. The monoisotopic (exact) mass is 504 g/mol. The van der Waals surface area contributed by atoms with Gasteiger partial charge in [-0.05, 0) is 51.0 Å². The van der Waals surface area contributed by atoms with Crippen molar-refractivity contribution in [1.82, 2.24) is 15.6 Å². The highest BCUT2D eigenvalue weighted by molar-refractivity contribution is 14.0. The first-order valence-corrected chi connectivity index (χ1v) is 10.2. The standard InChI is InChI=1S/C21H36N4O2.HI/c1-5-22-20(25-16-21(12-13-26-4)10-6-7-11-21)24-15-18-8-9-19(23-14-18)27-17(2)3;/h8-9,14,17H,5-7,10-13,15-16H2,1-4H3,(H2,22,24,25);1H. The maximum atomic E-state index is 5.59. The first-order chi connectivity index (χ1) is 13.1. The molecule has 2 rings (SSSR count). The lowest BCUT2D eigenvalue weighted by atomic mass is 9.83. The van der Waals surface area contributed by atoms with Gasteiger partial charge in [0.25, 0.3) is 0 Å². The second-order valence-electron chi connectivity index (χ2n) is 7.67. The highest BCUT2D eigenvalue weighted by atomic mass is 127. The molecule has 1 aromatic heterocycles. The van der Waals surface area contributed by atoms with E-state index < -0.39 is 0 Å². The molecule has 160 valence electrons. The lowest BCUT2D eigenvalue weighted by Gasteiger charge is -2.30. The zero-order valence-corrected chi connectivity index (χ0v) is 20.1. The van der Waals surface area contributed by atoms with Crippen molar-refractivity contribution in [3.8, 4) is 5.88 Å². The number of nitrogens with one attached hydrogen (secondary N) is 2. The average molecular weight is 504 g/mol. The van der Waals surface area contributed by atoms with E-state index in [1.54, 1.807) is 7.11 Å². The molecule has 1 fully saturated rings. The van der Waals surface area contributed by atoms with Gasteiger partial charge in [0.05, 0.1) is 12.6 Å². The Bertz CT molecular complexity index is 572. The number of methoxy groups -OCH3 is 1. The van der Waals surface area contributed by atoms with Crippen LogP contribution in [-0.2, 0) is 11.3 Å². The highest BCUT2D eigenvalue weighted by Gasteiger charge is 2.33. The van der Waals surface area contributed by atoms with Crippen molar-refractivity contribution >= 4 is 29.9 Å². The summed E-state index contributed by atoms with van der Waals surface area (Å²) in [6.07, 6.45) is 8.24. The molecule has 2 N–H and O–H groups in total. The van der Waals surface area contributed by atoms with Crippen LogP contribution in [0.3, 0.4) is 0 Å². The summed E-state index contributed by atoms with van der Waals surface area (Å²) in [6.45, 7) is 9.29. The summed E-state index contributed by atoms with van der Waals surface area (Å²) < 4.78 is 10.9. The predicted molar refractivity (Wildman–Crippen MR) is 126 cm³/mol. The van der Waals surface area contributed by atoms with Crippen LogP contribution in [0.2, 0.25) is 0 Å². The number of hydrogen-bond donors (Lipinski definition) is 2. The Morgan fingerprint density at radius 3 is 2.57 bits per heavy atom. The molecule has 0 unspecified atom stereocenters. The van der Waals surface area contributed by atoms with E-state index in [9.17, 15) is 0 Å². The number of hydrogen-bond acceptors (Lipinski definition) is 4. The van der Waals surface area contributed by atoms with Gasteiger partial charge in [0.1, 0.15) is 0 Å². The van der Waals surface area contributed by atoms with Crippen molar-refractivity contribution in [3.63, 3.8) is 0 Å². The number of ether oxygens (including phenoxy) is 2. The lowest BCUT2D eigenvalue weighted by molar-refractivity contribution is 0.138. The van der Waals surface area contributed by atoms with E-state index in [1.165, 1.54) is 25.7 Å². The highest BCUT2D eigenvalue weighted by Crippen LogP contribution is 2.40. The summed E-state index contributed by atoms with van der Waals surface area (Å²) in [6, 6.07) is 3.93. The summed E-state index contributed by atoms with van der Waals surface area (Å²) in [5.41, 5.74) is 1.40. The van der Waals surface area contributed by atoms with Crippen LogP contribution in [0.1, 0.15) is 58.4 Å². The first-order valence-electron chi connectivity index (χ1n) is 10.2. The van der Waals surface area contributed by atoms with Crippen LogP contribution in [0.5, 0.6) is 5.88 Å². The molecule has 0 bridgehead atoms. The van der Waals surface area contributed by atoms with Crippen LogP contribution >= 0.6 is 24.0 Å². The number of halogens is 1. The molecule has 0 radical (unpaired) electrons. The second-order valence-corrected chi connectivity index (χ2v) is 7.67. The molecule has 6 nitrogen and oxygen atoms in total. The molecule has 0 atom stereocenters. The number of aromatic nitrogens is 1. The topological polar surface area (TPSA) is 67.8 Å². The number of aliphatic imine (C=N–C) groups is 1. The summed E-state index contributed by atoms with van der Waals surface area (Å²) in [7, 11) is 1.78. The zero-order chi connectivity index (χ0) is 19.5. The van der Waals surface area contributed by atoms with E-state index in [0.29, 0.717) is 17.8 Å². The third-order valence-corrected chi connectivity index (χ3v) is 5.05. The molecule has 1 aliphatic carbocycles. The van der Waals surface area contributed by atoms with Crippen molar-refractivity contribution in [2.24, 2.45) is 10.4 Å². The number of rotatable bonds is 10. The van der Waals surface area contributed by atoms with E-state index in [0.717, 1.165) is 37.6 Å². The summed E-state index contributed by atoms with van der Waals surface area (Å²) >= 11 is 0. The fraction of sp³-hybridized carbons (Fsp3) is 0.714. The fourth-order valence-corrected chi connectivity index (χ4v) is 3.56. The number of pyridine rings is 1. The smallest absolute Gasteiger partial charge is 0.213 e. The van der Waals surface area contributed by atoms with Crippen LogP contribution < -0.4 is 15.4 Å². The Kier molecular flexibility index (Phi) is 11.8. The average Bonchev–Trinajstić information content (AvgIpc) is 3.12. The minimum Gasteiger partial charge on any atom is -0.475 e. The van der Waals surface area contributed by atoms with Gasteiger partial charge in [-0.2, -0.15) is 0 Å². The van der Waals surface area contributed by atoms with Gasteiger partial charge in [-0.25, -0.2) is 9.98 Å². The Morgan fingerprint density at radius 1 is 1.25 bits per heavy atom. The molecular formula is C21H37IN4O2. The van der Waals surface area contributed by atoms with Crippen molar-refractivity contribution < 1.29 is 9.47 Å². The molecule has 7 heteroatoms. The quantitative estimate of drug-likeness (QED) is 0.285. The van der Waals surface area contributed by atoms with Crippen molar-refractivity contribution in [1.29, 1.82) is 0 Å². The molecule has 1 heterocycles. The van der Waals surface area contributed by atoms with Crippen LogP contribution in [0.4, 0.5) is 0 Å². The van der Waals surface area contributed by atoms with Gasteiger partial charge in [0.15, 0.2) is 5.96 Å². The van der Waals surface area contributed by atoms with Crippen molar-refractivity contribution in [2.45, 2.75) is 65.5 Å². The van der Waals surface area contributed by atoms with E-state index in [4.69, 9.17) is 14.5 Å². The molecule has 0 saturated heterocycles. The van der Waals surface area contributed by atoms with Gasteiger partial charge in [0, 0.05) is 39.1 Å². The van der Waals surface area contributed by atoms with E-state index in [-0.39, 0.29) is 30.1 Å². The maximum Gasteiger partial charge on any atom is 0.213 e. The number of nitrogens with zero attached hydrogens (tertiary/aromatic N) is 2. The van der Waals surface area contributed by atoms with Crippen LogP contribution in [0.15, 0.2) is 23.3 Å². The molecule has 1 saturated carbocycles. The Labute approximate surface area is 187 Å². The fourth-order valence-electron chi connectivity index (χ4n) is 3.56.